The van der Waals surface area contributed by atoms with Gasteiger partial charge >= 0.3 is 11.9 Å². The smallest absolute Gasteiger partial charge is 0.334 e. The van der Waals surface area contributed by atoms with Crippen molar-refractivity contribution in [1.29, 1.82) is 0 Å². The van der Waals surface area contributed by atoms with Crippen LogP contribution < -0.4 is 10.6 Å². The number of ether oxygens (including phenoxy) is 1. The van der Waals surface area contributed by atoms with Crippen LogP contribution in [-0.4, -0.2) is 48.6 Å². The van der Waals surface area contributed by atoms with Gasteiger partial charge in [0.25, 0.3) is 0 Å². The number of carbonyl (C=O) groups is 4. The van der Waals surface area contributed by atoms with E-state index in [1.807, 2.05) is 0 Å². The van der Waals surface area contributed by atoms with Crippen LogP contribution in [-0.2, 0) is 23.9 Å². The molecule has 0 atom stereocenters. The lowest BCUT2D eigenvalue weighted by molar-refractivity contribution is -0.140. The first kappa shape index (κ1) is 21.6. The first-order valence-corrected chi connectivity index (χ1v) is 7.81. The summed E-state index contributed by atoms with van der Waals surface area (Å²) in [5, 5.41) is 14.0. The minimum Gasteiger partial charge on any atom is -0.478 e. The van der Waals surface area contributed by atoms with Crippen LogP contribution in [0.5, 0.6) is 0 Å². The van der Waals surface area contributed by atoms with Crippen LogP contribution in [0.4, 0.5) is 0 Å². The number of aliphatic carboxylic acids is 1. The third-order valence-electron chi connectivity index (χ3n) is 2.94. The summed E-state index contributed by atoms with van der Waals surface area (Å²) in [6.45, 7) is 7.14. The molecule has 0 aromatic carbocycles. The first-order valence-electron chi connectivity index (χ1n) is 7.81. The minimum absolute atomic E-state index is 0.0436. The molecule has 0 aliphatic rings. The van der Waals surface area contributed by atoms with Crippen molar-refractivity contribution in [2.45, 2.75) is 34.1 Å². The minimum atomic E-state index is -1.27. The second kappa shape index (κ2) is 11.2. The van der Waals surface area contributed by atoms with E-state index >= 15 is 0 Å². The Balaban J connectivity index is 4.39. The molecule has 0 saturated heterocycles. The topological polar surface area (TPSA) is 122 Å². The molecule has 24 heavy (non-hydrogen) atoms. The lowest BCUT2D eigenvalue weighted by atomic mass is 10.1. The molecule has 0 rings (SSSR count). The lowest BCUT2D eigenvalue weighted by Gasteiger charge is -2.11. The number of carboxylic acids is 1. The van der Waals surface area contributed by atoms with Crippen LogP contribution in [0.2, 0.25) is 0 Å². The van der Waals surface area contributed by atoms with Gasteiger partial charge in [0, 0.05) is 30.0 Å². The largest absolute Gasteiger partial charge is 0.478 e. The summed E-state index contributed by atoms with van der Waals surface area (Å²) in [4.78, 5) is 45.5. The SMILES string of the molecule is CC(C)C(=O)NCCOC(=O)C(=CC(=O)O)CCNC(=O)C(C)C. The summed E-state index contributed by atoms with van der Waals surface area (Å²) in [5.74, 6) is -2.78. The van der Waals surface area contributed by atoms with Gasteiger partial charge in [0.2, 0.25) is 11.8 Å². The number of carboxylic acid groups (broad SMARTS) is 1. The predicted molar refractivity (Wildman–Crippen MR) is 87.0 cm³/mol. The third kappa shape index (κ3) is 9.60. The van der Waals surface area contributed by atoms with E-state index in [1.165, 1.54) is 0 Å². The molecule has 136 valence electrons. The van der Waals surface area contributed by atoms with Crippen molar-refractivity contribution in [3.05, 3.63) is 11.6 Å². The molecular formula is C16H26N2O6. The van der Waals surface area contributed by atoms with Crippen LogP contribution >= 0.6 is 0 Å². The van der Waals surface area contributed by atoms with E-state index < -0.39 is 11.9 Å². The molecule has 8 heteroatoms. The molecule has 0 aliphatic carbocycles. The summed E-state index contributed by atoms with van der Waals surface area (Å²) in [6, 6.07) is 0. The zero-order valence-corrected chi connectivity index (χ0v) is 14.5. The van der Waals surface area contributed by atoms with Gasteiger partial charge in [-0.1, -0.05) is 27.7 Å². The van der Waals surface area contributed by atoms with Crippen LogP contribution in [0.25, 0.3) is 0 Å². The second-order valence-corrected chi connectivity index (χ2v) is 5.79. The molecule has 0 aromatic heterocycles. The van der Waals surface area contributed by atoms with Gasteiger partial charge in [-0.15, -0.1) is 0 Å². The summed E-state index contributed by atoms with van der Waals surface area (Å²) in [7, 11) is 0. The summed E-state index contributed by atoms with van der Waals surface area (Å²) >= 11 is 0. The van der Waals surface area contributed by atoms with E-state index in [2.05, 4.69) is 10.6 Å². The maximum Gasteiger partial charge on any atom is 0.334 e. The van der Waals surface area contributed by atoms with Crippen LogP contribution in [0.3, 0.4) is 0 Å². The number of nitrogens with one attached hydrogen (secondary N) is 2. The van der Waals surface area contributed by atoms with E-state index in [0.29, 0.717) is 0 Å². The van der Waals surface area contributed by atoms with Crippen molar-refractivity contribution in [2.75, 3.05) is 19.7 Å². The monoisotopic (exact) mass is 342 g/mol. The molecule has 2 amide bonds. The van der Waals surface area contributed by atoms with Gasteiger partial charge in [-0.25, -0.2) is 9.59 Å². The normalized spacial score (nSPS) is 11.3. The maximum atomic E-state index is 11.9. The van der Waals surface area contributed by atoms with Gasteiger partial charge in [-0.3, -0.25) is 9.59 Å². The molecule has 0 spiro atoms. The number of esters is 1. The van der Waals surface area contributed by atoms with Crippen LogP contribution in [0.1, 0.15) is 34.1 Å². The molecule has 0 bridgehead atoms. The highest BCUT2D eigenvalue weighted by Crippen LogP contribution is 2.04. The second-order valence-electron chi connectivity index (χ2n) is 5.79. The van der Waals surface area contributed by atoms with E-state index in [0.717, 1.165) is 6.08 Å². The molecule has 8 nitrogen and oxygen atoms in total. The Morgan fingerprint density at radius 2 is 1.46 bits per heavy atom. The zero-order chi connectivity index (χ0) is 18.7. The molecule has 0 heterocycles. The van der Waals surface area contributed by atoms with Gasteiger partial charge in [0.1, 0.15) is 6.61 Å². The molecule has 0 aliphatic heterocycles. The lowest BCUT2D eigenvalue weighted by Crippen LogP contribution is -2.32. The summed E-state index contributed by atoms with van der Waals surface area (Å²) in [6.07, 6.45) is 0.804. The third-order valence-corrected chi connectivity index (χ3v) is 2.94. The molecule has 0 aromatic rings. The van der Waals surface area contributed by atoms with Crippen molar-refractivity contribution in [3.8, 4) is 0 Å². The highest BCUT2D eigenvalue weighted by molar-refractivity contribution is 5.95. The van der Waals surface area contributed by atoms with Crippen LogP contribution in [0.15, 0.2) is 11.6 Å². The standard InChI is InChI=1S/C16H26N2O6/c1-10(2)14(21)17-6-5-12(9-13(19)20)16(23)24-8-7-18-15(22)11(3)4/h9-11H,5-8H2,1-4H3,(H,17,21)(H,18,22)(H,19,20). The highest BCUT2D eigenvalue weighted by Gasteiger charge is 2.14. The molecule has 3 N–H and O–H groups in total. The Kier molecular flexibility index (Phi) is 10.1. The zero-order valence-electron chi connectivity index (χ0n) is 14.5. The van der Waals surface area contributed by atoms with E-state index in [9.17, 15) is 19.2 Å². The summed E-state index contributed by atoms with van der Waals surface area (Å²) < 4.78 is 4.94. The fraction of sp³-hybridized carbons (Fsp3) is 0.625. The fourth-order valence-corrected chi connectivity index (χ4v) is 1.52. The molecular weight excluding hydrogens is 316 g/mol. The van der Waals surface area contributed by atoms with Gasteiger partial charge in [-0.05, 0) is 6.42 Å². The van der Waals surface area contributed by atoms with Crippen molar-refractivity contribution < 1.29 is 29.0 Å². The van der Waals surface area contributed by atoms with Gasteiger partial charge in [-0.2, -0.15) is 0 Å². The average molecular weight is 342 g/mol. The van der Waals surface area contributed by atoms with Crippen LogP contribution in [0, 0.1) is 11.8 Å². The van der Waals surface area contributed by atoms with Crippen molar-refractivity contribution in [1.82, 2.24) is 10.6 Å². The number of rotatable bonds is 10. The average Bonchev–Trinajstić information content (AvgIpc) is 2.49. The van der Waals surface area contributed by atoms with Gasteiger partial charge in [0.05, 0.1) is 6.54 Å². The Hall–Kier alpha value is -2.38. The Morgan fingerprint density at radius 3 is 1.92 bits per heavy atom. The quantitative estimate of drug-likeness (QED) is 0.301. The maximum absolute atomic E-state index is 11.9. The van der Waals surface area contributed by atoms with E-state index in [1.54, 1.807) is 27.7 Å². The van der Waals surface area contributed by atoms with Gasteiger partial charge in [0.15, 0.2) is 0 Å². The molecule has 0 fully saturated rings. The highest BCUT2D eigenvalue weighted by atomic mass is 16.5. The van der Waals surface area contributed by atoms with Crippen molar-refractivity contribution in [3.63, 3.8) is 0 Å². The Bertz CT molecular complexity index is 497. The predicted octanol–water partition coefficient (Wildman–Crippen LogP) is 0.475. The molecule has 0 radical (unpaired) electrons. The first-order chi connectivity index (χ1) is 11.1. The van der Waals surface area contributed by atoms with E-state index in [4.69, 9.17) is 9.84 Å². The number of amides is 2. The number of hydrogen-bond acceptors (Lipinski definition) is 5. The Morgan fingerprint density at radius 1 is 0.958 bits per heavy atom. The fourth-order valence-electron chi connectivity index (χ4n) is 1.52. The molecule has 0 unspecified atom stereocenters. The van der Waals surface area contributed by atoms with Crippen molar-refractivity contribution >= 4 is 23.8 Å². The van der Waals surface area contributed by atoms with E-state index in [-0.39, 0.29) is 55.3 Å². The Labute approximate surface area is 141 Å². The molecule has 0 saturated carbocycles. The van der Waals surface area contributed by atoms with Gasteiger partial charge < -0.3 is 20.5 Å². The van der Waals surface area contributed by atoms with Crippen molar-refractivity contribution in [2.24, 2.45) is 11.8 Å². The summed E-state index contributed by atoms with van der Waals surface area (Å²) in [5.41, 5.74) is -0.0539. The number of hydrogen-bond donors (Lipinski definition) is 3. The number of carbonyl (C=O) groups excluding carboxylic acids is 3.